The van der Waals surface area contributed by atoms with E-state index >= 15 is 0 Å². The highest BCUT2D eigenvalue weighted by Crippen LogP contribution is 2.25. The Morgan fingerprint density at radius 2 is 2.10 bits per heavy atom. The van der Waals surface area contributed by atoms with Crippen molar-refractivity contribution in [3.8, 4) is 0 Å². The van der Waals surface area contributed by atoms with Crippen LogP contribution in [0, 0.1) is 5.92 Å². The summed E-state index contributed by atoms with van der Waals surface area (Å²) in [6.45, 7) is 6.29. The molecule has 0 saturated carbocycles. The van der Waals surface area contributed by atoms with Gasteiger partial charge in [0.25, 0.3) is 5.91 Å². The van der Waals surface area contributed by atoms with Gasteiger partial charge in [-0.3, -0.25) is 4.79 Å². The van der Waals surface area contributed by atoms with Gasteiger partial charge in [0, 0.05) is 17.6 Å². The molecule has 1 aliphatic rings. The maximum Gasteiger partial charge on any atom is 0.252 e. The number of hydrogen-bond acceptors (Lipinski definition) is 2. The number of nitrogens with zero attached hydrogens (tertiary/aromatic N) is 1. The molecule has 1 aromatic carbocycles. The monoisotopic (exact) mass is 372 g/mol. The van der Waals surface area contributed by atoms with Gasteiger partial charge in [-0.25, -0.2) is 0 Å². The summed E-state index contributed by atoms with van der Waals surface area (Å²) in [6, 6.07) is 5.40. The smallest absolute Gasteiger partial charge is 0.252 e. The first kappa shape index (κ1) is 16.8. The highest BCUT2D eigenvalue weighted by molar-refractivity contribution is 9.10. The molecule has 1 amide bonds. The summed E-state index contributed by atoms with van der Waals surface area (Å²) in [5.74, 6) is 0.338. The Morgan fingerprint density at radius 1 is 1.38 bits per heavy atom. The third-order valence-electron chi connectivity index (χ3n) is 3.83. The molecule has 1 atom stereocenters. The number of carbonyl (C=O) groups excluding carboxylic acids is 1. The summed E-state index contributed by atoms with van der Waals surface area (Å²) in [5.41, 5.74) is 0.524. The summed E-state index contributed by atoms with van der Waals surface area (Å²) < 4.78 is 0.748. The van der Waals surface area contributed by atoms with Crippen molar-refractivity contribution in [3.05, 3.63) is 33.3 Å². The third kappa shape index (κ3) is 4.97. The second-order valence-corrected chi connectivity index (χ2v) is 7.01. The van der Waals surface area contributed by atoms with Crippen LogP contribution in [0.1, 0.15) is 36.5 Å². The van der Waals surface area contributed by atoms with Crippen LogP contribution in [0.25, 0.3) is 0 Å². The van der Waals surface area contributed by atoms with E-state index in [1.165, 1.54) is 32.4 Å². The number of likely N-dealkylation sites (tertiary alicyclic amines) is 1. The van der Waals surface area contributed by atoms with Gasteiger partial charge in [-0.15, -0.1) is 0 Å². The van der Waals surface area contributed by atoms with Crippen LogP contribution in [-0.4, -0.2) is 37.0 Å². The zero-order valence-electron chi connectivity index (χ0n) is 12.4. The molecule has 0 aromatic heterocycles. The van der Waals surface area contributed by atoms with Crippen molar-refractivity contribution in [1.29, 1.82) is 0 Å². The maximum atomic E-state index is 12.2. The van der Waals surface area contributed by atoms with E-state index in [4.69, 9.17) is 11.6 Å². The summed E-state index contributed by atoms with van der Waals surface area (Å²) in [7, 11) is 0. The van der Waals surface area contributed by atoms with Crippen molar-refractivity contribution in [1.82, 2.24) is 10.2 Å². The van der Waals surface area contributed by atoms with Crippen molar-refractivity contribution in [2.75, 3.05) is 26.2 Å². The van der Waals surface area contributed by atoms with E-state index in [2.05, 4.69) is 33.1 Å². The first-order chi connectivity index (χ1) is 10.1. The number of piperidine rings is 1. The molecule has 1 N–H and O–H groups in total. The van der Waals surface area contributed by atoms with Gasteiger partial charge < -0.3 is 10.2 Å². The number of hydrogen-bond donors (Lipinski definition) is 1. The molecule has 0 bridgehead atoms. The van der Waals surface area contributed by atoms with E-state index in [9.17, 15) is 4.79 Å². The van der Waals surface area contributed by atoms with Gasteiger partial charge in [-0.05, 0) is 59.9 Å². The van der Waals surface area contributed by atoms with Gasteiger partial charge >= 0.3 is 0 Å². The van der Waals surface area contributed by atoms with Crippen LogP contribution >= 0.6 is 27.5 Å². The molecule has 0 spiro atoms. The van der Waals surface area contributed by atoms with E-state index < -0.39 is 0 Å². The largest absolute Gasteiger partial charge is 0.352 e. The first-order valence-corrected chi connectivity index (χ1v) is 8.69. The molecule has 3 nitrogen and oxygen atoms in total. The van der Waals surface area contributed by atoms with E-state index in [1.54, 1.807) is 6.07 Å². The number of rotatable bonds is 5. The zero-order valence-corrected chi connectivity index (χ0v) is 14.7. The number of amides is 1. The van der Waals surface area contributed by atoms with Crippen LogP contribution < -0.4 is 5.32 Å². The molecule has 21 heavy (non-hydrogen) atoms. The lowest BCUT2D eigenvalue weighted by Crippen LogP contribution is -2.38. The highest BCUT2D eigenvalue weighted by Gasteiger charge is 2.16. The van der Waals surface area contributed by atoms with E-state index in [1.807, 2.05) is 12.1 Å². The minimum Gasteiger partial charge on any atom is -0.352 e. The molecule has 1 aromatic rings. The number of halogens is 2. The van der Waals surface area contributed by atoms with Gasteiger partial charge in [-0.1, -0.05) is 31.0 Å². The minimum atomic E-state index is -0.105. The summed E-state index contributed by atoms with van der Waals surface area (Å²) >= 11 is 9.48. The summed E-state index contributed by atoms with van der Waals surface area (Å²) in [4.78, 5) is 14.7. The van der Waals surface area contributed by atoms with Gasteiger partial charge in [0.15, 0.2) is 0 Å². The lowest BCUT2D eigenvalue weighted by atomic mass is 10.1. The third-order valence-corrected chi connectivity index (χ3v) is 5.12. The van der Waals surface area contributed by atoms with Crippen molar-refractivity contribution in [2.45, 2.75) is 26.2 Å². The van der Waals surface area contributed by atoms with Crippen LogP contribution in [0.5, 0.6) is 0 Å². The fourth-order valence-electron chi connectivity index (χ4n) is 2.69. The lowest BCUT2D eigenvalue weighted by molar-refractivity contribution is 0.0942. The molecule has 1 saturated heterocycles. The lowest BCUT2D eigenvalue weighted by Gasteiger charge is -2.29. The maximum absolute atomic E-state index is 12.2. The number of nitrogens with one attached hydrogen (secondary N) is 1. The zero-order chi connectivity index (χ0) is 15.2. The molecular formula is C16H22BrClN2O. The van der Waals surface area contributed by atoms with Gasteiger partial charge in [0.1, 0.15) is 0 Å². The molecule has 116 valence electrons. The Morgan fingerprint density at radius 3 is 2.81 bits per heavy atom. The van der Waals surface area contributed by atoms with Crippen molar-refractivity contribution < 1.29 is 4.79 Å². The van der Waals surface area contributed by atoms with E-state index in [0.717, 1.165) is 11.0 Å². The molecule has 0 radical (unpaired) electrons. The average Bonchev–Trinajstić information content (AvgIpc) is 2.48. The molecular weight excluding hydrogens is 352 g/mol. The van der Waals surface area contributed by atoms with Crippen molar-refractivity contribution >= 4 is 33.4 Å². The van der Waals surface area contributed by atoms with Crippen LogP contribution in [0.4, 0.5) is 0 Å². The normalized spacial score (nSPS) is 17.5. The van der Waals surface area contributed by atoms with Gasteiger partial charge in [0.05, 0.1) is 10.6 Å². The Hall–Kier alpha value is -0.580. The Labute approximate surface area is 140 Å². The molecule has 1 aliphatic heterocycles. The Kier molecular flexibility index (Phi) is 6.52. The van der Waals surface area contributed by atoms with Crippen LogP contribution in [0.3, 0.4) is 0 Å². The van der Waals surface area contributed by atoms with E-state index in [0.29, 0.717) is 23.0 Å². The second kappa shape index (κ2) is 8.16. The predicted octanol–water partition coefficient (Wildman–Crippen LogP) is 3.95. The Bertz CT molecular complexity index is 489. The Balaban J connectivity index is 1.81. The topological polar surface area (TPSA) is 32.3 Å². The molecule has 1 fully saturated rings. The minimum absolute atomic E-state index is 0.105. The number of benzene rings is 1. The van der Waals surface area contributed by atoms with Crippen LogP contribution in [0.15, 0.2) is 22.7 Å². The standard InChI is InChI=1S/C16H22BrClN2O/c1-12(11-20-8-3-2-4-9-20)10-19-16(21)13-6-5-7-14(17)15(13)18/h5-7,12H,2-4,8-11H2,1H3,(H,19,21). The summed E-state index contributed by atoms with van der Waals surface area (Å²) in [6.07, 6.45) is 3.95. The molecule has 2 rings (SSSR count). The molecule has 0 aliphatic carbocycles. The SMILES string of the molecule is CC(CNC(=O)c1cccc(Br)c1Cl)CN1CCCCC1. The van der Waals surface area contributed by atoms with Crippen LogP contribution in [0.2, 0.25) is 5.02 Å². The number of carbonyl (C=O) groups is 1. The van der Waals surface area contributed by atoms with Gasteiger partial charge in [-0.2, -0.15) is 0 Å². The highest BCUT2D eigenvalue weighted by atomic mass is 79.9. The van der Waals surface area contributed by atoms with Crippen molar-refractivity contribution in [3.63, 3.8) is 0 Å². The van der Waals surface area contributed by atoms with Gasteiger partial charge in [0.2, 0.25) is 0 Å². The van der Waals surface area contributed by atoms with Crippen molar-refractivity contribution in [2.24, 2.45) is 5.92 Å². The summed E-state index contributed by atoms with van der Waals surface area (Å²) in [5, 5.41) is 3.46. The quantitative estimate of drug-likeness (QED) is 0.847. The van der Waals surface area contributed by atoms with Crippen LogP contribution in [-0.2, 0) is 0 Å². The second-order valence-electron chi connectivity index (χ2n) is 5.78. The average molecular weight is 374 g/mol. The predicted molar refractivity (Wildman–Crippen MR) is 90.9 cm³/mol. The van der Waals surface area contributed by atoms with E-state index in [-0.39, 0.29) is 5.91 Å². The first-order valence-electron chi connectivity index (χ1n) is 7.52. The fourth-order valence-corrected chi connectivity index (χ4v) is 3.27. The molecule has 1 unspecified atom stereocenters. The molecule has 1 heterocycles. The molecule has 5 heteroatoms. The fraction of sp³-hybridized carbons (Fsp3) is 0.562.